The van der Waals surface area contributed by atoms with Crippen LogP contribution in [0.25, 0.3) is 0 Å². The maximum Gasteiger partial charge on any atom is 0.303 e. The number of carbonyl (C=O) groups excluding carboxylic acids is 3. The second-order valence-corrected chi connectivity index (χ2v) is 14.7. The fourth-order valence-electron chi connectivity index (χ4n) is 7.82. The molecule has 1 spiro atoms. The van der Waals surface area contributed by atoms with E-state index in [0.717, 1.165) is 68.3 Å². The lowest BCUT2D eigenvalue weighted by Gasteiger charge is -2.49. The van der Waals surface area contributed by atoms with E-state index < -0.39 is 35.3 Å². The predicted molar refractivity (Wildman–Crippen MR) is 190 cm³/mol. The predicted octanol–water partition coefficient (Wildman–Crippen LogP) is 8.50. The second kappa shape index (κ2) is 18.4. The van der Waals surface area contributed by atoms with Crippen LogP contribution in [0.15, 0.2) is 48.1 Å². The van der Waals surface area contributed by atoms with Crippen LogP contribution in [-0.4, -0.2) is 55.9 Å². The zero-order valence-electron chi connectivity index (χ0n) is 30.8. The van der Waals surface area contributed by atoms with Crippen LogP contribution in [0.1, 0.15) is 117 Å². The number of carbonyl (C=O) groups is 3. The number of allylic oxidation sites excluding steroid dienone is 3. The van der Waals surface area contributed by atoms with Gasteiger partial charge in [0, 0.05) is 25.2 Å². The average molecular weight is 681 g/mol. The van der Waals surface area contributed by atoms with Crippen LogP contribution in [0, 0.1) is 23.2 Å². The van der Waals surface area contributed by atoms with E-state index in [9.17, 15) is 14.4 Å². The standard InChI is InChI=1S/C41H60O8/c1-7-9-11-12-13-15-16-31-24-34-39(46-26-30-18-20-32(45-6)21-19-30)38(36(44)22-23-41(34)27-47-40(4,5)48-28-41)33(31)25-37(49-29(3)42)35(43)17-14-10-8-2/h7,9,18-21,24,31,33,37-39H,8,10-17,22-23,25-28H2,1-6H3/b9-7+/t31-,33+,37+,38+,39?/m1/s1. The maximum absolute atomic E-state index is 14.5. The van der Waals surface area contributed by atoms with Crippen LogP contribution in [0.3, 0.4) is 0 Å². The number of rotatable bonds is 18. The Hall–Kier alpha value is -2.81. The van der Waals surface area contributed by atoms with Gasteiger partial charge in [-0.3, -0.25) is 14.4 Å². The molecule has 272 valence electrons. The summed E-state index contributed by atoms with van der Waals surface area (Å²) in [5.41, 5.74) is 1.56. The van der Waals surface area contributed by atoms with Gasteiger partial charge in [-0.25, -0.2) is 0 Å². The minimum Gasteiger partial charge on any atom is -0.497 e. The van der Waals surface area contributed by atoms with Crippen LogP contribution in [0.2, 0.25) is 0 Å². The number of fused-ring (bicyclic) bond motifs is 3. The van der Waals surface area contributed by atoms with Gasteiger partial charge in [0.25, 0.3) is 0 Å². The van der Waals surface area contributed by atoms with Crippen LogP contribution in [0.4, 0.5) is 0 Å². The lowest BCUT2D eigenvalue weighted by molar-refractivity contribution is -0.281. The number of Topliss-reactive ketones (excluding diaryl/α,β-unsaturated/α-hetero) is 2. The highest BCUT2D eigenvalue weighted by Crippen LogP contribution is 2.53. The molecule has 1 aromatic carbocycles. The van der Waals surface area contributed by atoms with E-state index in [1.54, 1.807) is 7.11 Å². The molecule has 1 aromatic rings. The van der Waals surface area contributed by atoms with Crippen molar-refractivity contribution >= 4 is 17.5 Å². The lowest BCUT2D eigenvalue weighted by atomic mass is 9.63. The quantitative estimate of drug-likeness (QED) is 0.0865. The van der Waals surface area contributed by atoms with Crippen molar-refractivity contribution in [3.63, 3.8) is 0 Å². The highest BCUT2D eigenvalue weighted by Gasteiger charge is 2.55. The number of ketones is 2. The first kappa shape index (κ1) is 39.0. The highest BCUT2D eigenvalue weighted by atomic mass is 16.7. The summed E-state index contributed by atoms with van der Waals surface area (Å²) >= 11 is 0. The Kier molecular flexibility index (Phi) is 14.7. The van der Waals surface area contributed by atoms with Gasteiger partial charge in [0.2, 0.25) is 0 Å². The van der Waals surface area contributed by atoms with Gasteiger partial charge in [0.15, 0.2) is 17.7 Å². The van der Waals surface area contributed by atoms with Crippen molar-refractivity contribution in [2.24, 2.45) is 23.2 Å². The third-order valence-corrected chi connectivity index (χ3v) is 10.7. The topological polar surface area (TPSA) is 97.4 Å². The zero-order valence-corrected chi connectivity index (χ0v) is 30.8. The Balaban J connectivity index is 1.74. The number of methoxy groups -OCH3 is 1. The average Bonchev–Trinajstić information content (AvgIpc) is 3.16. The van der Waals surface area contributed by atoms with Crippen LogP contribution < -0.4 is 4.74 Å². The van der Waals surface area contributed by atoms with Crippen LogP contribution in [-0.2, 0) is 39.9 Å². The van der Waals surface area contributed by atoms with Gasteiger partial charge in [0.1, 0.15) is 11.5 Å². The summed E-state index contributed by atoms with van der Waals surface area (Å²) in [7, 11) is 1.64. The van der Waals surface area contributed by atoms with Gasteiger partial charge in [-0.1, -0.05) is 63.0 Å². The normalized spacial score (nSPS) is 25.1. The molecule has 0 radical (unpaired) electrons. The molecular formula is C41H60O8. The Morgan fingerprint density at radius 2 is 1.78 bits per heavy atom. The monoisotopic (exact) mass is 680 g/mol. The van der Waals surface area contributed by atoms with Crippen molar-refractivity contribution in [1.29, 1.82) is 0 Å². The minimum atomic E-state index is -0.888. The smallest absolute Gasteiger partial charge is 0.303 e. The molecule has 8 heteroatoms. The number of hydrogen-bond donors (Lipinski definition) is 0. The van der Waals surface area contributed by atoms with E-state index in [1.165, 1.54) is 6.92 Å². The molecule has 1 unspecified atom stereocenters. The summed E-state index contributed by atoms with van der Waals surface area (Å²) in [6.07, 6.45) is 14.7. The van der Waals surface area contributed by atoms with Gasteiger partial charge in [-0.05, 0) is 94.4 Å². The molecule has 49 heavy (non-hydrogen) atoms. The first-order valence-corrected chi connectivity index (χ1v) is 18.6. The van der Waals surface area contributed by atoms with Gasteiger partial charge >= 0.3 is 5.97 Å². The number of ether oxygens (including phenoxy) is 5. The summed E-state index contributed by atoms with van der Waals surface area (Å²) in [6.45, 7) is 10.6. The maximum atomic E-state index is 14.5. The third kappa shape index (κ3) is 10.6. The van der Waals surface area contributed by atoms with E-state index in [2.05, 4.69) is 25.2 Å². The van der Waals surface area contributed by atoms with Crippen molar-refractivity contribution in [1.82, 2.24) is 0 Å². The molecule has 3 aliphatic rings. The number of benzene rings is 1. The van der Waals surface area contributed by atoms with Crippen molar-refractivity contribution < 1.29 is 38.1 Å². The Morgan fingerprint density at radius 3 is 2.43 bits per heavy atom. The first-order valence-electron chi connectivity index (χ1n) is 18.6. The fourth-order valence-corrected chi connectivity index (χ4v) is 7.82. The van der Waals surface area contributed by atoms with Crippen molar-refractivity contribution in [2.75, 3.05) is 20.3 Å². The summed E-state index contributed by atoms with van der Waals surface area (Å²) in [6, 6.07) is 7.78. The van der Waals surface area contributed by atoms with E-state index in [1.807, 2.05) is 45.0 Å². The summed E-state index contributed by atoms with van der Waals surface area (Å²) in [5.74, 6) is -1.04. The molecule has 5 atom stereocenters. The van der Waals surface area contributed by atoms with Gasteiger partial charge in [-0.2, -0.15) is 0 Å². The van der Waals surface area contributed by atoms with Crippen molar-refractivity contribution in [3.8, 4) is 5.75 Å². The third-order valence-electron chi connectivity index (χ3n) is 10.7. The molecule has 1 heterocycles. The SMILES string of the molecule is C/C=C/CCCCC[C@@H]1C=C2C(OCc3ccc(OC)cc3)[C@H](C(=O)CCC23COC(C)(C)OC3)[C@H]1C[C@H](OC(C)=O)C(=O)CCCCC. The minimum absolute atomic E-state index is 0.0120. The first-order chi connectivity index (χ1) is 23.5. The van der Waals surface area contributed by atoms with Crippen molar-refractivity contribution in [2.45, 2.75) is 136 Å². The Labute approximate surface area is 294 Å². The van der Waals surface area contributed by atoms with Crippen LogP contribution in [0.5, 0.6) is 5.75 Å². The molecule has 2 aliphatic carbocycles. The molecule has 0 aromatic heterocycles. The molecule has 1 saturated heterocycles. The van der Waals surface area contributed by atoms with Crippen LogP contribution >= 0.6 is 0 Å². The molecule has 1 aliphatic heterocycles. The molecule has 4 rings (SSSR count). The summed E-state index contributed by atoms with van der Waals surface area (Å²) in [4.78, 5) is 40.4. The highest BCUT2D eigenvalue weighted by molar-refractivity contribution is 5.86. The molecule has 1 saturated carbocycles. The lowest BCUT2D eigenvalue weighted by Crippen LogP contribution is -2.52. The van der Waals surface area contributed by atoms with Gasteiger partial charge in [-0.15, -0.1) is 0 Å². The van der Waals surface area contributed by atoms with Crippen molar-refractivity contribution in [3.05, 3.63) is 53.6 Å². The number of hydrogen-bond acceptors (Lipinski definition) is 8. The summed E-state index contributed by atoms with van der Waals surface area (Å²) in [5, 5.41) is 0. The second-order valence-electron chi connectivity index (χ2n) is 14.7. The molecule has 0 N–H and O–H groups in total. The van der Waals surface area contributed by atoms with E-state index in [0.29, 0.717) is 45.5 Å². The molecule has 2 bridgehead atoms. The van der Waals surface area contributed by atoms with E-state index in [4.69, 9.17) is 23.7 Å². The summed E-state index contributed by atoms with van der Waals surface area (Å²) < 4.78 is 30.6. The molecule has 0 amide bonds. The molecular weight excluding hydrogens is 620 g/mol. The number of esters is 1. The fraction of sp³-hybridized carbons (Fsp3) is 0.683. The van der Waals surface area contributed by atoms with E-state index in [-0.39, 0.29) is 23.4 Å². The number of unbranched alkanes of at least 4 members (excludes halogenated alkanes) is 5. The Morgan fingerprint density at radius 1 is 1.04 bits per heavy atom. The Bertz CT molecular complexity index is 1280. The van der Waals surface area contributed by atoms with E-state index >= 15 is 0 Å². The molecule has 2 fully saturated rings. The van der Waals surface area contributed by atoms with Gasteiger partial charge in [0.05, 0.1) is 39.0 Å². The van der Waals surface area contributed by atoms with Gasteiger partial charge < -0.3 is 23.7 Å². The zero-order chi connectivity index (χ0) is 35.4. The largest absolute Gasteiger partial charge is 0.497 e. The molecule has 8 nitrogen and oxygen atoms in total.